The van der Waals surface area contributed by atoms with Gasteiger partial charge in [0.1, 0.15) is 23.0 Å². The molecule has 4 aromatic carbocycles. The summed E-state index contributed by atoms with van der Waals surface area (Å²) in [6.07, 6.45) is 16.6. The number of fused-ring (bicyclic) bond motifs is 4. The Morgan fingerprint density at radius 2 is 0.587 bits per heavy atom. The summed E-state index contributed by atoms with van der Waals surface area (Å²) in [6.45, 7) is 19.9. The van der Waals surface area contributed by atoms with E-state index in [1.165, 1.54) is 71.7 Å². The van der Waals surface area contributed by atoms with Gasteiger partial charge in [-0.15, -0.1) is 61.2 Å². The Morgan fingerprint density at radius 1 is 0.341 bits per heavy atom. The zero-order valence-corrected chi connectivity index (χ0v) is 81.4. The zero-order valence-electron chi connectivity index (χ0n) is 78.1. The van der Waals surface area contributed by atoms with Crippen molar-refractivity contribution in [3.05, 3.63) is 138 Å². The molecule has 4 aliphatic carbocycles. The van der Waals surface area contributed by atoms with Gasteiger partial charge in [0.05, 0.1) is 88.1 Å². The van der Waals surface area contributed by atoms with Crippen molar-refractivity contribution < 1.29 is 62.5 Å². The highest BCUT2D eigenvalue weighted by Crippen LogP contribution is 2.41. The van der Waals surface area contributed by atoms with Crippen molar-refractivity contribution in [2.75, 3.05) is 158 Å². The molecule has 8 aromatic heterocycles. The third kappa shape index (κ3) is 20.7. The Balaban J connectivity index is 0.000000127. The molecule has 0 amide bonds. The second-order valence-corrected chi connectivity index (χ2v) is 43.0. The molecule has 8 aliphatic rings. The van der Waals surface area contributed by atoms with Crippen molar-refractivity contribution in [1.29, 1.82) is 0 Å². The van der Waals surface area contributed by atoms with E-state index in [0.717, 1.165) is 109 Å². The van der Waals surface area contributed by atoms with E-state index in [0.29, 0.717) is 193 Å². The van der Waals surface area contributed by atoms with Gasteiger partial charge in [0.25, 0.3) is 22.2 Å². The largest absolute Gasteiger partial charge is 0.493 e. The fraction of sp³-hybridized carbons (Fsp3) is 0.551. The molecule has 45 nitrogen and oxygen atoms in total. The van der Waals surface area contributed by atoms with Gasteiger partial charge in [-0.2, -0.15) is 35.3 Å². The van der Waals surface area contributed by atoms with E-state index in [9.17, 15) is 52.8 Å². The van der Waals surface area contributed by atoms with Crippen LogP contribution in [0.1, 0.15) is 184 Å². The van der Waals surface area contributed by atoms with E-state index < -0.39 is 62.3 Å². The molecule has 0 spiro atoms. The Bertz CT molecular complexity index is 7120. The van der Waals surface area contributed by atoms with Crippen molar-refractivity contribution in [2.45, 2.75) is 181 Å². The Kier molecular flexibility index (Phi) is 30.4. The average Bonchev–Trinajstić information content (AvgIpc) is 1.50. The Morgan fingerprint density at radius 3 is 0.833 bits per heavy atom. The van der Waals surface area contributed by atoms with Gasteiger partial charge in [0.2, 0.25) is 62.7 Å². The summed E-state index contributed by atoms with van der Waals surface area (Å²) >= 11 is 0. The fourth-order valence-corrected chi connectivity index (χ4v) is 24.9. The van der Waals surface area contributed by atoms with Crippen LogP contribution in [-0.2, 0) is 44.8 Å². The van der Waals surface area contributed by atoms with Crippen molar-refractivity contribution in [1.82, 2.24) is 131 Å². The number of nitrogens with zero attached hydrogens (tertiary/aromatic N) is 23. The van der Waals surface area contributed by atoms with Gasteiger partial charge in [-0.25, -0.2) is 33.7 Å². The SMILES string of the molecule is CCOc1ccc(S(=O)(=O)N2CCN(C)CC2)cc1-c1nn2c(C3CCCC3)nnc2c(=O)[nH]1.CCOc1ccc(S(=O)(=O)N2CCN(CC)CC2)cc1-c1nn2c(C3CCCC3)nnc2c(=O)[nH]1.CCOc1ccc(S(=O)(=O)N2CCN(CCO)CC2)cc1-c1nn2c(C3CCCC3)nnc2c(=O)[nH]1.CCOc1ccc(S(=O)(=O)N2CCOCC2)cc1-c1nn2c(C3CCCC3)nnc2c(=O)[nH]1. The lowest BCUT2D eigenvalue weighted by Crippen LogP contribution is -2.49. The van der Waals surface area contributed by atoms with Crippen molar-refractivity contribution in [3.8, 4) is 68.5 Å². The maximum absolute atomic E-state index is 13.5. The monoisotopic (exact) mass is 1980 g/mol. The van der Waals surface area contributed by atoms with Crippen LogP contribution in [0.2, 0.25) is 0 Å². The maximum atomic E-state index is 13.5. The topological polar surface area (TPSA) is 529 Å². The van der Waals surface area contributed by atoms with Crippen LogP contribution in [-0.4, -0.2) is 328 Å². The minimum absolute atomic E-state index is 0.0411. The quantitative estimate of drug-likeness (QED) is 0.0410. The molecule has 740 valence electrons. The molecule has 0 bridgehead atoms. The lowest BCUT2D eigenvalue weighted by molar-refractivity contribution is 0.0730. The van der Waals surface area contributed by atoms with Crippen LogP contribution in [0.5, 0.6) is 23.0 Å². The predicted octanol–water partition coefficient (Wildman–Crippen LogP) is 5.73. The maximum Gasteiger partial charge on any atom is 0.296 e. The molecule has 0 radical (unpaired) electrons. The molecule has 8 fully saturated rings. The van der Waals surface area contributed by atoms with Crippen molar-refractivity contribution >= 4 is 62.7 Å². The number of aromatic amines is 4. The van der Waals surface area contributed by atoms with E-state index >= 15 is 0 Å². The number of aromatic nitrogens is 20. The van der Waals surface area contributed by atoms with Crippen LogP contribution in [0, 0.1) is 0 Å². The lowest BCUT2D eigenvalue weighted by atomic mass is 10.1. The van der Waals surface area contributed by atoms with E-state index in [-0.39, 0.29) is 109 Å². The summed E-state index contributed by atoms with van der Waals surface area (Å²) in [6, 6.07) is 18.6. The molecule has 49 heteroatoms. The Hall–Kier alpha value is -11.4. The number of morpholine rings is 1. The van der Waals surface area contributed by atoms with Crippen molar-refractivity contribution in [2.24, 2.45) is 0 Å². The highest BCUT2D eigenvalue weighted by molar-refractivity contribution is 7.90. The first-order valence-corrected chi connectivity index (χ1v) is 53.3. The molecule has 12 heterocycles. The summed E-state index contributed by atoms with van der Waals surface area (Å²) in [5, 5.41) is 60.9. The number of hydrogen-bond acceptors (Lipinski definition) is 33. The summed E-state index contributed by atoms with van der Waals surface area (Å²) in [7, 11) is -13.0. The molecule has 4 saturated carbocycles. The Labute approximate surface area is 796 Å². The number of ether oxygens (including phenoxy) is 5. The number of aliphatic hydroxyl groups excluding tert-OH is 1. The molecular weight excluding hydrogens is 1860 g/mol. The van der Waals surface area contributed by atoms with Crippen LogP contribution in [0.3, 0.4) is 0 Å². The summed E-state index contributed by atoms with van der Waals surface area (Å²) in [5.41, 5.74) is 0.308. The van der Waals surface area contributed by atoms with Crippen LogP contribution in [0.4, 0.5) is 0 Å². The van der Waals surface area contributed by atoms with Gasteiger partial charge in [0.15, 0.2) is 46.6 Å². The molecule has 0 unspecified atom stereocenters. The number of likely N-dealkylation sites (N-methyl/N-ethyl adjacent to an activating group) is 2. The first-order chi connectivity index (χ1) is 66.7. The first kappa shape index (κ1) is 98.3. The van der Waals surface area contributed by atoms with Gasteiger partial charge < -0.3 is 58.5 Å². The number of aliphatic hydroxyl groups is 1. The summed E-state index contributed by atoms with van der Waals surface area (Å²) < 4.78 is 147. The van der Waals surface area contributed by atoms with Crippen LogP contribution < -0.4 is 41.2 Å². The van der Waals surface area contributed by atoms with Gasteiger partial charge in [-0.05, 0) is 165 Å². The second kappa shape index (κ2) is 42.8. The molecule has 12 aromatic rings. The highest BCUT2D eigenvalue weighted by atomic mass is 32.2. The molecule has 5 N–H and O–H groups in total. The van der Waals surface area contributed by atoms with Gasteiger partial charge in [0, 0.05) is 122 Å². The normalized spacial score (nSPS) is 18.4. The zero-order chi connectivity index (χ0) is 96.7. The average molecular weight is 1980 g/mol. The number of rotatable bonds is 27. The third-order valence-corrected chi connectivity index (χ3v) is 34.2. The van der Waals surface area contributed by atoms with Gasteiger partial charge >= 0.3 is 0 Å². The second-order valence-electron chi connectivity index (χ2n) is 35.2. The number of nitrogens with one attached hydrogen (secondary N) is 4. The van der Waals surface area contributed by atoms with E-state index in [4.69, 9.17) is 28.8 Å². The van der Waals surface area contributed by atoms with E-state index in [2.05, 4.69) is 97.8 Å². The van der Waals surface area contributed by atoms with E-state index in [1.54, 1.807) is 36.4 Å². The fourth-order valence-electron chi connectivity index (χ4n) is 19.1. The standard InChI is InChI=1S/C23H31N7O5S.C23H31N7O4S.C22H29N7O4S.C21H26N6O5S/c1-2-35-19-8-7-17(36(33,34)29-11-9-28(10-12-29)13-14-31)15-18(19)20-24-23(32)22-26-25-21(30(22)27-20)16-5-3-4-6-16;1-3-28-11-13-29(14-12-28)35(32,33)17-9-10-19(34-4-2)18(15-17)20-24-23(31)22-26-25-21(30(22)27-20)16-7-5-6-8-16;1-3-33-18-9-8-16(34(31,32)28-12-10-27(2)11-13-28)14-17(18)19-23-22(30)21-25-24-20(29(21)26-19)15-6-4-5-7-15;1-2-32-17-8-7-15(33(29,30)26-9-11-31-12-10-26)13-16(17)18-22-21(28)20-24-23-19(27(20)25-18)14-5-3-4-6-14/h7-8,15-16,31H,2-6,9-14H2,1H3,(H,24,27,32);9-10,15-16H,3-8,11-14H2,1-2H3,(H,24,27,31);8-9,14-15H,3-7,10-13H2,1-2H3,(H,23,26,30);7-8,13-14H,2-6,9-12H2,1H3,(H,22,25,28). The molecule has 138 heavy (non-hydrogen) atoms. The number of sulfonamides is 4. The molecule has 4 aliphatic heterocycles. The highest BCUT2D eigenvalue weighted by Gasteiger charge is 2.38. The summed E-state index contributed by atoms with van der Waals surface area (Å²) in [5.74, 6) is 5.99. The number of piperazine rings is 3. The minimum Gasteiger partial charge on any atom is -0.493 e. The van der Waals surface area contributed by atoms with Crippen LogP contribution in [0.25, 0.3) is 68.1 Å². The van der Waals surface area contributed by atoms with Gasteiger partial charge in [-0.1, -0.05) is 58.3 Å². The predicted molar refractivity (Wildman–Crippen MR) is 506 cm³/mol. The number of hydrogen-bond donors (Lipinski definition) is 5. The molecular formula is C89H117N27O18S4. The molecule has 4 saturated heterocycles. The van der Waals surface area contributed by atoms with Crippen LogP contribution >= 0.6 is 0 Å². The third-order valence-electron chi connectivity index (χ3n) is 26.6. The number of β-amino-alcohol motifs (C(OH)–C–C–N with tert-alkyl or cyclic N) is 1. The number of H-pyrrole nitrogens is 4. The number of benzene rings is 4. The van der Waals surface area contributed by atoms with E-state index in [1.807, 2.05) is 39.6 Å². The lowest BCUT2D eigenvalue weighted by Gasteiger charge is -2.33. The minimum atomic E-state index is -3.79. The molecule has 0 atom stereocenters. The van der Waals surface area contributed by atoms with Crippen molar-refractivity contribution in [3.63, 3.8) is 0 Å². The smallest absolute Gasteiger partial charge is 0.296 e. The summed E-state index contributed by atoms with van der Waals surface area (Å²) in [4.78, 5) is 69.2. The van der Waals surface area contributed by atoms with Gasteiger partial charge in [-0.3, -0.25) is 24.1 Å². The molecule has 20 rings (SSSR count). The van der Waals surface area contributed by atoms with Crippen LogP contribution in [0.15, 0.2) is 112 Å². The first-order valence-electron chi connectivity index (χ1n) is 47.5.